The van der Waals surface area contributed by atoms with Gasteiger partial charge in [-0.2, -0.15) is 0 Å². The van der Waals surface area contributed by atoms with E-state index in [2.05, 4.69) is 135 Å². The monoisotopic (exact) mass is 1300 g/mol. The average Bonchev–Trinajstić information content (AvgIpc) is 3.74. The largest absolute Gasteiger partial charge is 0.545 e. The van der Waals surface area contributed by atoms with Crippen molar-refractivity contribution >= 4 is 17.9 Å². The van der Waals surface area contributed by atoms with E-state index < -0.39 is 24.3 Å². The van der Waals surface area contributed by atoms with E-state index in [1.807, 2.05) is 21.1 Å². The molecule has 0 amide bonds. The second-order valence-corrected chi connectivity index (χ2v) is 26.9. The lowest BCUT2D eigenvalue weighted by Gasteiger charge is -2.26. The van der Waals surface area contributed by atoms with Gasteiger partial charge in [-0.05, 0) is 103 Å². The third-order valence-corrected chi connectivity index (χ3v) is 16.7. The van der Waals surface area contributed by atoms with Crippen LogP contribution in [0, 0.1) is 0 Å². The van der Waals surface area contributed by atoms with Crippen LogP contribution in [0.3, 0.4) is 0 Å². The molecule has 0 heterocycles. The Morgan fingerprint density at radius 3 is 0.860 bits per heavy atom. The topological polar surface area (TPSA) is 111 Å². The maximum Gasteiger partial charge on any atom is 0.306 e. The summed E-state index contributed by atoms with van der Waals surface area (Å²) >= 11 is 0. The number of ether oxygens (including phenoxy) is 4. The number of quaternary nitrogens is 1. The molecule has 0 aliphatic heterocycles. The molecule has 2 unspecified atom stereocenters. The predicted octanol–water partition coefficient (Wildman–Crippen LogP) is 23.4. The SMILES string of the molecule is CC/C=C\C/C=C\C/C=C\C/C=C\C/C=C\C/C=C\CCCCCCCCCCCCCCCCC(=O)OC(COC(=O)CCCCCCCCCCCCCCCCCCCCCCCC/C=C\C/C=C\C/C=C\C/C=C\CC)COC(OCC[N+](C)(C)C)C(=O)[O-]. The van der Waals surface area contributed by atoms with Crippen LogP contribution in [0.15, 0.2) is 122 Å². The number of esters is 2. The molecule has 0 aliphatic rings. The molecule has 0 spiro atoms. The summed E-state index contributed by atoms with van der Waals surface area (Å²) in [6, 6.07) is 0. The number of rotatable bonds is 71. The Balaban J connectivity index is 4.04. The van der Waals surface area contributed by atoms with Crippen LogP contribution in [0.1, 0.15) is 335 Å². The minimum Gasteiger partial charge on any atom is -0.545 e. The number of aliphatic carboxylic acids is 1. The summed E-state index contributed by atoms with van der Waals surface area (Å²) in [5, 5.41) is 11.9. The van der Waals surface area contributed by atoms with Gasteiger partial charge in [0, 0.05) is 12.8 Å². The van der Waals surface area contributed by atoms with Crippen LogP contribution in [0.2, 0.25) is 0 Å². The number of likely N-dealkylation sites (N-methyl/N-ethyl adjacent to an activating group) is 1. The van der Waals surface area contributed by atoms with E-state index in [0.29, 0.717) is 23.9 Å². The molecular weight excluding hydrogens is 1150 g/mol. The molecular formula is C84H145NO8. The lowest BCUT2D eigenvalue weighted by atomic mass is 10.0. The second kappa shape index (κ2) is 73.5. The van der Waals surface area contributed by atoms with Crippen molar-refractivity contribution in [1.29, 1.82) is 0 Å². The van der Waals surface area contributed by atoms with Crippen molar-refractivity contribution in [3.8, 4) is 0 Å². The number of nitrogens with zero attached hydrogens (tertiary/aromatic N) is 1. The van der Waals surface area contributed by atoms with Crippen molar-refractivity contribution in [3.05, 3.63) is 122 Å². The molecule has 0 aromatic rings. The number of carbonyl (C=O) groups excluding carboxylic acids is 3. The Hall–Kier alpha value is -4.31. The average molecular weight is 1300 g/mol. The zero-order valence-electron chi connectivity index (χ0n) is 61.1. The van der Waals surface area contributed by atoms with Gasteiger partial charge in [-0.15, -0.1) is 0 Å². The maximum absolute atomic E-state index is 13.0. The Bertz CT molecular complexity index is 1950. The third kappa shape index (κ3) is 74.9. The Morgan fingerprint density at radius 2 is 0.581 bits per heavy atom. The number of unbranched alkanes of at least 4 members (excludes halogenated alkanes) is 36. The minimum absolute atomic E-state index is 0.145. The molecule has 0 saturated carbocycles. The first-order chi connectivity index (χ1) is 45.6. The molecule has 0 radical (unpaired) electrons. The van der Waals surface area contributed by atoms with Crippen molar-refractivity contribution in [2.75, 3.05) is 47.5 Å². The molecule has 0 aromatic carbocycles. The highest BCUT2D eigenvalue weighted by atomic mass is 16.7. The Labute approximate surface area is 574 Å². The summed E-state index contributed by atoms with van der Waals surface area (Å²) in [7, 11) is 5.94. The smallest absolute Gasteiger partial charge is 0.306 e. The van der Waals surface area contributed by atoms with Gasteiger partial charge >= 0.3 is 11.9 Å². The lowest BCUT2D eigenvalue weighted by molar-refractivity contribution is -0.870. The van der Waals surface area contributed by atoms with Gasteiger partial charge in [-0.25, -0.2) is 0 Å². The number of allylic oxidation sites excluding steroid dienone is 20. The molecule has 9 nitrogen and oxygen atoms in total. The van der Waals surface area contributed by atoms with E-state index in [1.165, 1.54) is 199 Å². The molecule has 0 fully saturated rings. The molecule has 0 bridgehead atoms. The molecule has 0 aromatic heterocycles. The van der Waals surface area contributed by atoms with Gasteiger partial charge in [-0.1, -0.05) is 341 Å². The van der Waals surface area contributed by atoms with E-state index in [0.717, 1.165) is 103 Å². The van der Waals surface area contributed by atoms with Crippen LogP contribution >= 0.6 is 0 Å². The maximum atomic E-state index is 13.0. The van der Waals surface area contributed by atoms with Crippen LogP contribution in [0.25, 0.3) is 0 Å². The fraction of sp³-hybridized carbons (Fsp3) is 0.726. The molecule has 0 N–H and O–H groups in total. The van der Waals surface area contributed by atoms with Crippen LogP contribution in [-0.4, -0.2) is 82.3 Å². The van der Waals surface area contributed by atoms with Crippen molar-refractivity contribution in [2.24, 2.45) is 0 Å². The normalized spacial score (nSPS) is 13.3. The Morgan fingerprint density at radius 1 is 0.323 bits per heavy atom. The summed E-state index contributed by atoms with van der Waals surface area (Å²) in [5.41, 5.74) is 0. The molecule has 0 saturated heterocycles. The zero-order chi connectivity index (χ0) is 67.5. The number of carbonyl (C=O) groups is 3. The first-order valence-electron chi connectivity index (χ1n) is 38.7. The molecule has 0 aliphatic carbocycles. The highest BCUT2D eigenvalue weighted by molar-refractivity contribution is 5.70. The van der Waals surface area contributed by atoms with Crippen LogP contribution < -0.4 is 5.11 Å². The van der Waals surface area contributed by atoms with Gasteiger partial charge in [0.05, 0.1) is 40.3 Å². The van der Waals surface area contributed by atoms with E-state index >= 15 is 0 Å². The summed E-state index contributed by atoms with van der Waals surface area (Å²) in [4.78, 5) is 37.6. The molecule has 0 rings (SSSR count). The van der Waals surface area contributed by atoms with Gasteiger partial charge in [0.15, 0.2) is 12.4 Å². The lowest BCUT2D eigenvalue weighted by Crippen LogP contribution is -2.44. The molecule has 9 heteroatoms. The molecule has 2 atom stereocenters. The van der Waals surface area contributed by atoms with Crippen molar-refractivity contribution in [3.63, 3.8) is 0 Å². The van der Waals surface area contributed by atoms with Gasteiger partial charge in [0.1, 0.15) is 13.2 Å². The van der Waals surface area contributed by atoms with Gasteiger partial charge < -0.3 is 33.3 Å². The van der Waals surface area contributed by atoms with Crippen LogP contribution in [0.5, 0.6) is 0 Å². The minimum atomic E-state index is -1.63. The van der Waals surface area contributed by atoms with E-state index in [9.17, 15) is 19.5 Å². The van der Waals surface area contributed by atoms with Crippen molar-refractivity contribution in [2.45, 2.75) is 347 Å². The second-order valence-electron chi connectivity index (χ2n) is 26.9. The van der Waals surface area contributed by atoms with Crippen LogP contribution in [0.4, 0.5) is 0 Å². The summed E-state index contributed by atoms with van der Waals surface area (Å²) < 4.78 is 22.9. The van der Waals surface area contributed by atoms with E-state index in [1.54, 1.807) is 0 Å². The highest BCUT2D eigenvalue weighted by Gasteiger charge is 2.22. The summed E-state index contributed by atoms with van der Waals surface area (Å²) in [6.07, 6.45) is 102. The Kier molecular flexibility index (Phi) is 70.1. The summed E-state index contributed by atoms with van der Waals surface area (Å²) in [5.74, 6) is -2.27. The number of hydrogen-bond acceptors (Lipinski definition) is 8. The fourth-order valence-corrected chi connectivity index (χ4v) is 10.9. The highest BCUT2D eigenvalue weighted by Crippen LogP contribution is 2.18. The van der Waals surface area contributed by atoms with E-state index in [-0.39, 0.29) is 32.2 Å². The fourth-order valence-electron chi connectivity index (χ4n) is 10.9. The number of hydrogen-bond donors (Lipinski definition) is 0. The van der Waals surface area contributed by atoms with E-state index in [4.69, 9.17) is 18.9 Å². The first-order valence-corrected chi connectivity index (χ1v) is 38.7. The quantitative estimate of drug-likeness (QED) is 0.0195. The van der Waals surface area contributed by atoms with Crippen molar-refractivity contribution in [1.82, 2.24) is 0 Å². The standard InChI is InChI=1S/C84H145NO8/c1-6-8-10-12-14-16-18-20-22-24-26-28-30-32-34-36-38-40-41-43-44-46-48-50-52-54-56-58-60-62-64-66-68-70-72-74-81(86)91-78-80(79-92-84(83(88)89)90-77-76-85(3,4)5)93-82(87)75-73-71-69-67-65-63-61-59-57-55-53-51-49-47-45-42-39-37-35-33-31-29-27-25-23-21-19-17-15-13-11-9-7-2/h8-11,14-17,20-23,26-29,33,35,39,42,80,84H,6-7,12-13,18-19,24-25,30-32,34,36-38,40-41,43-79H2,1-5H3/b10-8-,11-9-,16-14-,17-15-,22-20-,23-21-,28-26-,29-27-,35-33-,42-39-. The predicted molar refractivity (Wildman–Crippen MR) is 398 cm³/mol. The van der Waals surface area contributed by atoms with Crippen molar-refractivity contribution < 1.29 is 42.9 Å². The molecule has 93 heavy (non-hydrogen) atoms. The number of carboxylic acids is 1. The summed E-state index contributed by atoms with van der Waals surface area (Å²) in [6.45, 7) is 4.56. The third-order valence-electron chi connectivity index (χ3n) is 16.7. The first kappa shape index (κ1) is 88.7. The van der Waals surface area contributed by atoms with Crippen LogP contribution in [-0.2, 0) is 33.3 Å². The van der Waals surface area contributed by atoms with Gasteiger partial charge in [0.25, 0.3) is 0 Å². The molecule has 534 valence electrons. The van der Waals surface area contributed by atoms with Gasteiger partial charge in [0.2, 0.25) is 0 Å². The van der Waals surface area contributed by atoms with Gasteiger partial charge in [-0.3, -0.25) is 9.59 Å². The number of carboxylic acid groups (broad SMARTS) is 1. The zero-order valence-corrected chi connectivity index (χ0v) is 61.1.